The van der Waals surface area contributed by atoms with E-state index in [1.807, 2.05) is 42.5 Å². The molecule has 0 radical (unpaired) electrons. The molecule has 0 saturated carbocycles. The van der Waals surface area contributed by atoms with E-state index in [0.29, 0.717) is 0 Å². The lowest BCUT2D eigenvalue weighted by atomic mass is 9.96. The lowest BCUT2D eigenvalue weighted by Gasteiger charge is -2.27. The van der Waals surface area contributed by atoms with Crippen molar-refractivity contribution in [2.45, 2.75) is 25.4 Å². The number of halogens is 2. The molecule has 1 heterocycles. The van der Waals surface area contributed by atoms with Gasteiger partial charge in [0, 0.05) is 31.6 Å². The second-order valence-electron chi connectivity index (χ2n) is 8.89. The zero-order chi connectivity index (χ0) is 26.4. The van der Waals surface area contributed by atoms with Crippen molar-refractivity contribution < 1.29 is 19.4 Å². The Labute approximate surface area is 226 Å². The van der Waals surface area contributed by atoms with Gasteiger partial charge in [-0.2, -0.15) is 0 Å². The number of aliphatic carboxylic acids is 1. The number of hydrogen-bond donors (Lipinski definition) is 2. The summed E-state index contributed by atoms with van der Waals surface area (Å²) in [7, 11) is 1.69. The van der Waals surface area contributed by atoms with Gasteiger partial charge in [0.1, 0.15) is 11.8 Å². The van der Waals surface area contributed by atoms with Crippen molar-refractivity contribution in [3.8, 4) is 5.75 Å². The molecule has 0 aromatic heterocycles. The van der Waals surface area contributed by atoms with Crippen LogP contribution in [0, 0.1) is 0 Å². The maximum atomic E-state index is 12.7. The average molecular weight is 539 g/mol. The minimum atomic E-state index is -1.13. The molecule has 37 heavy (non-hydrogen) atoms. The van der Waals surface area contributed by atoms with Gasteiger partial charge in [0.2, 0.25) is 0 Å². The van der Waals surface area contributed by atoms with Gasteiger partial charge in [-0.25, -0.2) is 4.79 Å². The topological polar surface area (TPSA) is 78.9 Å². The van der Waals surface area contributed by atoms with Gasteiger partial charge >= 0.3 is 5.97 Å². The number of amides is 1. The van der Waals surface area contributed by atoms with Gasteiger partial charge in [0.25, 0.3) is 5.91 Å². The van der Waals surface area contributed by atoms with Crippen LogP contribution in [0.1, 0.15) is 33.5 Å². The van der Waals surface area contributed by atoms with Crippen LogP contribution >= 0.6 is 23.2 Å². The summed E-state index contributed by atoms with van der Waals surface area (Å²) in [6, 6.07) is 19.5. The number of carboxylic acids is 1. The molecule has 0 fully saturated rings. The highest BCUT2D eigenvalue weighted by Gasteiger charge is 2.24. The number of rotatable bonds is 9. The molecule has 4 rings (SSSR count). The number of carbonyl (C=O) groups excluding carboxylic acids is 1. The molecule has 8 heteroatoms. The molecule has 3 aromatic rings. The minimum absolute atomic E-state index is 0.0661. The molecule has 192 valence electrons. The van der Waals surface area contributed by atoms with Gasteiger partial charge in [-0.1, -0.05) is 77.8 Å². The largest absolute Gasteiger partial charge is 0.496 e. The number of nitrogens with one attached hydrogen (secondary N) is 1. The zero-order valence-corrected chi connectivity index (χ0v) is 21.9. The van der Waals surface area contributed by atoms with Crippen LogP contribution < -0.4 is 10.1 Å². The quantitative estimate of drug-likeness (QED) is 0.364. The summed E-state index contributed by atoms with van der Waals surface area (Å²) in [4.78, 5) is 26.9. The molecule has 2 N–H and O–H groups in total. The van der Waals surface area contributed by atoms with Crippen LogP contribution in [-0.4, -0.2) is 48.1 Å². The monoisotopic (exact) mass is 538 g/mol. The highest BCUT2D eigenvalue weighted by Crippen LogP contribution is 2.27. The van der Waals surface area contributed by atoms with Gasteiger partial charge < -0.3 is 15.2 Å². The molecule has 0 aliphatic carbocycles. The fraction of sp³-hybridized carbons (Fsp3) is 0.241. The average Bonchev–Trinajstić information content (AvgIpc) is 2.89. The maximum Gasteiger partial charge on any atom is 0.326 e. The van der Waals surface area contributed by atoms with Crippen molar-refractivity contribution in [3.05, 3.63) is 105 Å². The van der Waals surface area contributed by atoms with Crippen LogP contribution in [0.25, 0.3) is 5.57 Å². The molecule has 0 bridgehead atoms. The molecule has 1 amide bonds. The molecule has 1 aliphatic rings. The Balaban J connectivity index is 1.38. The predicted molar refractivity (Wildman–Crippen MR) is 146 cm³/mol. The third-order valence-electron chi connectivity index (χ3n) is 6.44. The van der Waals surface area contributed by atoms with E-state index in [0.717, 1.165) is 42.9 Å². The second kappa shape index (κ2) is 12.3. The summed E-state index contributed by atoms with van der Waals surface area (Å²) in [6.45, 7) is 2.60. The molecule has 3 aromatic carbocycles. The van der Waals surface area contributed by atoms with E-state index in [9.17, 15) is 14.7 Å². The van der Waals surface area contributed by atoms with Crippen molar-refractivity contribution in [1.82, 2.24) is 10.2 Å². The van der Waals surface area contributed by atoms with Crippen LogP contribution in [0.2, 0.25) is 10.0 Å². The van der Waals surface area contributed by atoms with Crippen LogP contribution in [0.5, 0.6) is 5.75 Å². The van der Waals surface area contributed by atoms with E-state index in [-0.39, 0.29) is 22.0 Å². The van der Waals surface area contributed by atoms with E-state index in [1.165, 1.54) is 23.3 Å². The Morgan fingerprint density at radius 3 is 2.35 bits per heavy atom. The number of hydrogen-bond acceptors (Lipinski definition) is 4. The number of nitrogens with zero attached hydrogens (tertiary/aromatic N) is 1. The highest BCUT2D eigenvalue weighted by atomic mass is 35.5. The molecule has 6 nitrogen and oxygen atoms in total. The molecule has 0 spiro atoms. The first-order valence-corrected chi connectivity index (χ1v) is 12.7. The number of carboxylic acid groups (broad SMARTS) is 1. The lowest BCUT2D eigenvalue weighted by Crippen LogP contribution is -2.42. The lowest BCUT2D eigenvalue weighted by molar-refractivity contribution is -0.139. The van der Waals surface area contributed by atoms with Crippen LogP contribution in [-0.2, 0) is 17.8 Å². The number of methoxy groups -OCH3 is 1. The number of para-hydroxylation sites is 1. The summed E-state index contributed by atoms with van der Waals surface area (Å²) in [6.07, 6.45) is 3.29. The van der Waals surface area contributed by atoms with Crippen LogP contribution in [0.4, 0.5) is 0 Å². The third-order valence-corrected chi connectivity index (χ3v) is 7.07. The Hall–Kier alpha value is -3.32. The maximum absolute atomic E-state index is 12.7. The minimum Gasteiger partial charge on any atom is -0.496 e. The van der Waals surface area contributed by atoms with Crippen molar-refractivity contribution in [2.75, 3.05) is 20.2 Å². The standard InChI is InChI=1S/C29H28Cl2N2O4/c1-37-26-8-3-2-5-22(26)18-33-15-13-21(14-16-33)20-11-9-19(10-12-20)17-25(29(35)36)32-28(34)27-23(30)6-4-7-24(27)31/h2-13,25H,14-18H2,1H3,(H,32,34)(H,35,36)/t25-/m0/s1. The van der Waals surface area contributed by atoms with Crippen molar-refractivity contribution in [1.29, 1.82) is 0 Å². The fourth-order valence-electron chi connectivity index (χ4n) is 4.43. The van der Waals surface area contributed by atoms with Gasteiger partial charge in [-0.05, 0) is 41.3 Å². The molecular weight excluding hydrogens is 511 g/mol. The Morgan fingerprint density at radius 2 is 1.73 bits per heavy atom. The highest BCUT2D eigenvalue weighted by molar-refractivity contribution is 6.39. The summed E-state index contributed by atoms with van der Waals surface area (Å²) < 4.78 is 5.47. The Morgan fingerprint density at radius 1 is 1.03 bits per heavy atom. The summed E-state index contributed by atoms with van der Waals surface area (Å²) in [5, 5.41) is 12.6. The van der Waals surface area contributed by atoms with Gasteiger partial charge in [-0.3, -0.25) is 9.69 Å². The predicted octanol–water partition coefficient (Wildman–Crippen LogP) is 5.72. The normalized spacial score (nSPS) is 14.5. The van der Waals surface area contributed by atoms with Crippen LogP contribution in [0.15, 0.2) is 72.8 Å². The van der Waals surface area contributed by atoms with Crippen LogP contribution in [0.3, 0.4) is 0 Å². The smallest absolute Gasteiger partial charge is 0.326 e. The number of benzene rings is 3. The third kappa shape index (κ3) is 6.72. The van der Waals surface area contributed by atoms with E-state index in [4.69, 9.17) is 27.9 Å². The fourth-order valence-corrected chi connectivity index (χ4v) is 5.00. The molecule has 1 aliphatic heterocycles. The van der Waals surface area contributed by atoms with E-state index in [1.54, 1.807) is 13.2 Å². The number of carbonyl (C=O) groups is 2. The summed E-state index contributed by atoms with van der Waals surface area (Å²) in [5.74, 6) is -0.853. The van der Waals surface area contributed by atoms with E-state index >= 15 is 0 Å². The van der Waals surface area contributed by atoms with E-state index < -0.39 is 17.9 Å². The van der Waals surface area contributed by atoms with Gasteiger partial charge in [-0.15, -0.1) is 0 Å². The van der Waals surface area contributed by atoms with Crippen molar-refractivity contribution in [2.24, 2.45) is 0 Å². The second-order valence-corrected chi connectivity index (χ2v) is 9.70. The molecule has 1 atom stereocenters. The van der Waals surface area contributed by atoms with Gasteiger partial charge in [0.05, 0.1) is 22.7 Å². The Bertz CT molecular complexity index is 1290. The zero-order valence-electron chi connectivity index (χ0n) is 20.4. The number of ether oxygens (including phenoxy) is 1. The van der Waals surface area contributed by atoms with E-state index in [2.05, 4.69) is 22.4 Å². The van der Waals surface area contributed by atoms with Crippen molar-refractivity contribution in [3.63, 3.8) is 0 Å². The van der Waals surface area contributed by atoms with Crippen molar-refractivity contribution >= 4 is 40.7 Å². The Kier molecular flexibility index (Phi) is 8.87. The molecule has 0 unspecified atom stereocenters. The first kappa shape index (κ1) is 26.7. The molecular formula is C29H28Cl2N2O4. The first-order valence-electron chi connectivity index (χ1n) is 12.0. The first-order chi connectivity index (χ1) is 17.9. The SMILES string of the molecule is COc1ccccc1CN1CC=C(c2ccc(C[C@H](NC(=O)c3c(Cl)cccc3Cl)C(=O)O)cc2)CC1. The molecule has 0 saturated heterocycles. The summed E-state index contributed by atoms with van der Waals surface area (Å²) >= 11 is 12.2. The van der Waals surface area contributed by atoms with Gasteiger partial charge in [0.15, 0.2) is 0 Å². The summed E-state index contributed by atoms with van der Waals surface area (Å²) in [5.41, 5.74) is 4.41.